The number of rotatable bonds is 5. The number of carbonyl (C=O) groups excluding carboxylic acids is 2. The van der Waals surface area contributed by atoms with Crippen LogP contribution in [0.5, 0.6) is 0 Å². The summed E-state index contributed by atoms with van der Waals surface area (Å²) >= 11 is 0. The average molecular weight is 372 g/mol. The third-order valence-corrected chi connectivity index (χ3v) is 3.67. The lowest BCUT2D eigenvalue weighted by Crippen LogP contribution is -2.15. The average Bonchev–Trinajstić information content (AvgIpc) is 2.70. The normalized spacial score (nSPS) is 9.86. The molecule has 0 saturated carbocycles. The number of hydrogen-bond acceptors (Lipinski definition) is 6. The molecule has 0 fully saturated rings. The van der Waals surface area contributed by atoms with Gasteiger partial charge in [-0.05, 0) is 48.5 Å². The maximum Gasteiger partial charge on any atom is 0.276 e. The molecular formula is C20H16N6O2. The highest BCUT2D eigenvalue weighted by Crippen LogP contribution is 2.18. The van der Waals surface area contributed by atoms with Gasteiger partial charge in [-0.15, -0.1) is 10.2 Å². The van der Waals surface area contributed by atoms with Crippen LogP contribution in [0.3, 0.4) is 0 Å². The van der Waals surface area contributed by atoms with Crippen molar-refractivity contribution in [3.8, 4) is 6.07 Å². The van der Waals surface area contributed by atoms with Gasteiger partial charge >= 0.3 is 0 Å². The molecule has 0 saturated heterocycles. The van der Waals surface area contributed by atoms with E-state index in [0.717, 1.165) is 5.69 Å². The molecule has 0 radical (unpaired) electrons. The first-order valence-corrected chi connectivity index (χ1v) is 8.34. The van der Waals surface area contributed by atoms with Crippen LogP contribution in [0.25, 0.3) is 0 Å². The molecule has 28 heavy (non-hydrogen) atoms. The van der Waals surface area contributed by atoms with E-state index in [1.807, 2.05) is 6.07 Å². The molecule has 0 aliphatic heterocycles. The van der Waals surface area contributed by atoms with Crippen molar-refractivity contribution >= 4 is 34.7 Å². The van der Waals surface area contributed by atoms with Crippen LogP contribution < -0.4 is 16.0 Å². The first-order chi connectivity index (χ1) is 13.5. The molecule has 1 heterocycles. The molecule has 3 N–H and O–H groups in total. The maximum absolute atomic E-state index is 12.3. The lowest BCUT2D eigenvalue weighted by Gasteiger charge is -2.08. The van der Waals surface area contributed by atoms with Crippen molar-refractivity contribution in [1.82, 2.24) is 10.2 Å². The van der Waals surface area contributed by atoms with Gasteiger partial charge in [0.1, 0.15) is 6.07 Å². The molecule has 2 amide bonds. The first kappa shape index (κ1) is 18.5. The summed E-state index contributed by atoms with van der Waals surface area (Å²) < 4.78 is 0. The quantitative estimate of drug-likeness (QED) is 0.632. The van der Waals surface area contributed by atoms with Gasteiger partial charge in [-0.25, -0.2) is 0 Å². The number of nitriles is 1. The lowest BCUT2D eigenvalue weighted by atomic mass is 10.2. The molecule has 3 rings (SSSR count). The molecule has 0 unspecified atom stereocenters. The van der Waals surface area contributed by atoms with Crippen LogP contribution >= 0.6 is 0 Å². The summed E-state index contributed by atoms with van der Waals surface area (Å²) in [4.78, 5) is 23.3. The van der Waals surface area contributed by atoms with Crippen LogP contribution in [0.1, 0.15) is 23.0 Å². The highest BCUT2D eigenvalue weighted by atomic mass is 16.2. The number of nitrogens with one attached hydrogen (secondary N) is 3. The standard InChI is InChI=1S/C20H16N6O2/c1-13(27)22-15-6-8-16(9-7-15)23-19-11-10-18(25-26-19)20(28)24-17-5-3-2-4-14(17)12-21/h2-11H,1H3,(H,22,27)(H,23,26)(H,24,28). The number of hydrogen-bond donors (Lipinski definition) is 3. The van der Waals surface area contributed by atoms with Gasteiger partial charge in [-0.3, -0.25) is 9.59 Å². The van der Waals surface area contributed by atoms with Crippen molar-refractivity contribution in [1.29, 1.82) is 5.26 Å². The molecule has 2 aromatic carbocycles. The summed E-state index contributed by atoms with van der Waals surface area (Å²) in [6, 6.07) is 19.0. The fraction of sp³-hybridized carbons (Fsp3) is 0.0500. The van der Waals surface area contributed by atoms with Crippen LogP contribution in [-0.2, 0) is 4.79 Å². The van der Waals surface area contributed by atoms with E-state index in [1.165, 1.54) is 13.0 Å². The Morgan fingerprint density at radius 3 is 2.25 bits per heavy atom. The molecule has 0 aliphatic carbocycles. The molecular weight excluding hydrogens is 356 g/mol. The Hall–Kier alpha value is -4.25. The first-order valence-electron chi connectivity index (χ1n) is 8.34. The predicted molar refractivity (Wildman–Crippen MR) is 105 cm³/mol. The lowest BCUT2D eigenvalue weighted by molar-refractivity contribution is -0.114. The summed E-state index contributed by atoms with van der Waals surface area (Å²) in [5.74, 6) is -0.138. The minimum Gasteiger partial charge on any atom is -0.339 e. The van der Waals surface area contributed by atoms with Crippen LogP contribution in [-0.4, -0.2) is 22.0 Å². The number of amides is 2. The van der Waals surface area contributed by atoms with E-state index in [4.69, 9.17) is 5.26 Å². The monoisotopic (exact) mass is 372 g/mol. The number of anilines is 4. The summed E-state index contributed by atoms with van der Waals surface area (Å²) in [7, 11) is 0. The Balaban J connectivity index is 1.65. The fourth-order valence-electron chi connectivity index (χ4n) is 2.38. The van der Waals surface area contributed by atoms with Gasteiger partial charge in [-0.1, -0.05) is 12.1 Å². The summed E-state index contributed by atoms with van der Waals surface area (Å²) in [6.07, 6.45) is 0. The molecule has 1 aromatic heterocycles. The Bertz CT molecular complexity index is 1040. The van der Waals surface area contributed by atoms with E-state index in [0.29, 0.717) is 22.8 Å². The SMILES string of the molecule is CC(=O)Nc1ccc(Nc2ccc(C(=O)Nc3ccccc3C#N)nn2)cc1. The van der Waals surface area contributed by atoms with Gasteiger partial charge in [0.15, 0.2) is 11.5 Å². The van der Waals surface area contributed by atoms with Crippen molar-refractivity contribution in [2.45, 2.75) is 6.92 Å². The molecule has 8 heteroatoms. The van der Waals surface area contributed by atoms with E-state index in [9.17, 15) is 9.59 Å². The van der Waals surface area contributed by atoms with Gasteiger partial charge in [0, 0.05) is 18.3 Å². The second kappa shape index (κ2) is 8.42. The van der Waals surface area contributed by atoms with Gasteiger partial charge in [0.05, 0.1) is 11.3 Å². The zero-order valence-corrected chi connectivity index (χ0v) is 14.9. The summed E-state index contributed by atoms with van der Waals surface area (Å²) in [6.45, 7) is 1.44. The number of para-hydroxylation sites is 1. The zero-order valence-electron chi connectivity index (χ0n) is 14.9. The van der Waals surface area contributed by atoms with Crippen molar-refractivity contribution in [2.24, 2.45) is 0 Å². The highest BCUT2D eigenvalue weighted by Gasteiger charge is 2.11. The highest BCUT2D eigenvalue weighted by molar-refractivity contribution is 6.03. The smallest absolute Gasteiger partial charge is 0.276 e. The fourth-order valence-corrected chi connectivity index (χ4v) is 2.38. The number of aromatic nitrogens is 2. The number of carbonyl (C=O) groups is 2. The van der Waals surface area contributed by atoms with Gasteiger partial charge in [0.2, 0.25) is 5.91 Å². The molecule has 0 atom stereocenters. The Kier molecular flexibility index (Phi) is 5.58. The molecule has 8 nitrogen and oxygen atoms in total. The topological polar surface area (TPSA) is 120 Å². The Morgan fingerprint density at radius 1 is 0.893 bits per heavy atom. The van der Waals surface area contributed by atoms with E-state index in [-0.39, 0.29) is 11.6 Å². The minimum atomic E-state index is -0.457. The van der Waals surface area contributed by atoms with Crippen molar-refractivity contribution in [3.63, 3.8) is 0 Å². The molecule has 0 bridgehead atoms. The van der Waals surface area contributed by atoms with E-state index < -0.39 is 5.91 Å². The van der Waals surface area contributed by atoms with Crippen LogP contribution in [0.4, 0.5) is 22.9 Å². The van der Waals surface area contributed by atoms with Gasteiger partial charge in [-0.2, -0.15) is 5.26 Å². The summed E-state index contributed by atoms with van der Waals surface area (Å²) in [5, 5.41) is 25.4. The number of nitrogens with zero attached hydrogens (tertiary/aromatic N) is 3. The third kappa shape index (κ3) is 4.68. The maximum atomic E-state index is 12.3. The van der Waals surface area contributed by atoms with Crippen molar-refractivity contribution < 1.29 is 9.59 Å². The van der Waals surface area contributed by atoms with Crippen LogP contribution in [0.2, 0.25) is 0 Å². The Morgan fingerprint density at radius 2 is 1.61 bits per heavy atom. The van der Waals surface area contributed by atoms with E-state index >= 15 is 0 Å². The molecule has 0 aliphatic rings. The summed E-state index contributed by atoms with van der Waals surface area (Å²) in [5.41, 5.74) is 2.35. The largest absolute Gasteiger partial charge is 0.339 e. The Labute approximate surface area is 161 Å². The zero-order chi connectivity index (χ0) is 19.9. The molecule has 0 spiro atoms. The third-order valence-electron chi connectivity index (χ3n) is 3.67. The van der Waals surface area contributed by atoms with Crippen LogP contribution in [0, 0.1) is 11.3 Å². The minimum absolute atomic E-state index is 0.124. The van der Waals surface area contributed by atoms with Crippen molar-refractivity contribution in [2.75, 3.05) is 16.0 Å². The number of benzene rings is 2. The van der Waals surface area contributed by atoms with Crippen molar-refractivity contribution in [3.05, 3.63) is 71.9 Å². The van der Waals surface area contributed by atoms with E-state index in [1.54, 1.807) is 54.6 Å². The molecule has 3 aromatic rings. The van der Waals surface area contributed by atoms with Gasteiger partial charge in [0.25, 0.3) is 5.91 Å². The molecule has 138 valence electrons. The second-order valence-corrected chi connectivity index (χ2v) is 5.80. The second-order valence-electron chi connectivity index (χ2n) is 5.80. The van der Waals surface area contributed by atoms with E-state index in [2.05, 4.69) is 26.1 Å². The van der Waals surface area contributed by atoms with Crippen LogP contribution in [0.15, 0.2) is 60.7 Å². The van der Waals surface area contributed by atoms with Gasteiger partial charge < -0.3 is 16.0 Å². The predicted octanol–water partition coefficient (Wildman–Crippen LogP) is 3.30.